The molecular weight excluding hydrogens is 220 g/mol. The van der Waals surface area contributed by atoms with Gasteiger partial charge < -0.3 is 0 Å². The molecule has 0 amide bonds. The second-order valence-corrected chi connectivity index (χ2v) is 5.35. The maximum absolute atomic E-state index is 4.46. The third-order valence-electron chi connectivity index (χ3n) is 4.04. The van der Waals surface area contributed by atoms with Crippen LogP contribution in [0.1, 0.15) is 48.9 Å². The maximum Gasteiger partial charge on any atom is 0.0926 e. The second-order valence-electron chi connectivity index (χ2n) is 5.35. The van der Waals surface area contributed by atoms with E-state index < -0.39 is 0 Å². The van der Waals surface area contributed by atoms with E-state index in [0.717, 1.165) is 18.0 Å². The number of H-pyrrole nitrogens is 1. The highest BCUT2D eigenvalue weighted by atomic mass is 15.1. The van der Waals surface area contributed by atoms with Gasteiger partial charge in [-0.15, -0.1) is 0 Å². The van der Waals surface area contributed by atoms with Crippen LogP contribution in [0.25, 0.3) is 11.3 Å². The molecule has 2 heteroatoms. The van der Waals surface area contributed by atoms with E-state index in [4.69, 9.17) is 0 Å². The molecule has 18 heavy (non-hydrogen) atoms. The van der Waals surface area contributed by atoms with E-state index in [-0.39, 0.29) is 0 Å². The Kier molecular flexibility index (Phi) is 2.94. The first-order valence-corrected chi connectivity index (χ1v) is 6.93. The molecule has 94 valence electrons. The lowest BCUT2D eigenvalue weighted by Gasteiger charge is -2.28. The molecule has 1 aromatic carbocycles. The van der Waals surface area contributed by atoms with E-state index in [1.54, 1.807) is 0 Å². The van der Waals surface area contributed by atoms with Crippen molar-refractivity contribution in [2.24, 2.45) is 0 Å². The molecule has 1 aliphatic rings. The minimum absolute atomic E-state index is 0.752. The molecule has 0 radical (unpaired) electrons. The van der Waals surface area contributed by atoms with Gasteiger partial charge in [0, 0.05) is 11.3 Å². The zero-order chi connectivity index (χ0) is 12.5. The normalized spacial score (nSPS) is 15.7. The van der Waals surface area contributed by atoms with E-state index >= 15 is 0 Å². The molecule has 3 rings (SSSR count). The number of benzene rings is 1. The molecule has 1 saturated carbocycles. The Morgan fingerprint density at radius 1 is 1.28 bits per heavy atom. The van der Waals surface area contributed by atoms with Gasteiger partial charge in [-0.25, -0.2) is 0 Å². The van der Waals surface area contributed by atoms with Crippen LogP contribution in [0.15, 0.2) is 24.3 Å². The first kappa shape index (κ1) is 11.5. The first-order valence-electron chi connectivity index (χ1n) is 6.93. The van der Waals surface area contributed by atoms with Gasteiger partial charge in [0.2, 0.25) is 0 Å². The van der Waals surface area contributed by atoms with Crippen LogP contribution in [0.3, 0.4) is 0 Å². The lowest BCUT2D eigenvalue weighted by molar-refractivity contribution is 0.420. The number of nitrogens with one attached hydrogen (secondary N) is 1. The van der Waals surface area contributed by atoms with Gasteiger partial charge in [-0.1, -0.05) is 37.1 Å². The summed E-state index contributed by atoms with van der Waals surface area (Å²) in [5.41, 5.74) is 6.49. The van der Waals surface area contributed by atoms with Gasteiger partial charge in [-0.2, -0.15) is 5.10 Å². The molecule has 0 saturated heterocycles. The summed E-state index contributed by atoms with van der Waals surface area (Å²) in [5, 5.41) is 7.58. The fourth-order valence-electron chi connectivity index (χ4n) is 2.65. The van der Waals surface area contributed by atoms with Crippen molar-refractivity contribution in [3.05, 3.63) is 41.1 Å². The van der Waals surface area contributed by atoms with Crippen LogP contribution >= 0.6 is 0 Å². The van der Waals surface area contributed by atoms with Crippen molar-refractivity contribution < 1.29 is 0 Å². The molecule has 1 aliphatic carbocycles. The Bertz CT molecular complexity index is 550. The number of hydrogen-bond donors (Lipinski definition) is 1. The van der Waals surface area contributed by atoms with Gasteiger partial charge >= 0.3 is 0 Å². The molecule has 1 aromatic heterocycles. The van der Waals surface area contributed by atoms with Crippen LogP contribution in [0.2, 0.25) is 0 Å². The Balaban J connectivity index is 2.04. The van der Waals surface area contributed by atoms with Crippen molar-refractivity contribution >= 4 is 0 Å². The van der Waals surface area contributed by atoms with E-state index in [1.165, 1.54) is 41.6 Å². The number of aryl methyl sites for hydroxylation is 2. The van der Waals surface area contributed by atoms with Gasteiger partial charge in [0.05, 0.1) is 5.69 Å². The zero-order valence-electron chi connectivity index (χ0n) is 11.2. The topological polar surface area (TPSA) is 28.7 Å². The van der Waals surface area contributed by atoms with Gasteiger partial charge in [0.25, 0.3) is 0 Å². The third kappa shape index (κ3) is 1.96. The fourth-order valence-corrected chi connectivity index (χ4v) is 2.65. The summed E-state index contributed by atoms with van der Waals surface area (Å²) in [6.45, 7) is 4.33. The Labute approximate surface area is 108 Å². The van der Waals surface area contributed by atoms with Crippen molar-refractivity contribution in [3.63, 3.8) is 0 Å². The number of aromatic nitrogens is 2. The highest BCUT2D eigenvalue weighted by Crippen LogP contribution is 2.41. The number of aromatic amines is 1. The molecule has 0 aliphatic heterocycles. The van der Waals surface area contributed by atoms with E-state index in [1.807, 2.05) is 0 Å². The quantitative estimate of drug-likeness (QED) is 0.855. The predicted molar refractivity (Wildman–Crippen MR) is 74.7 cm³/mol. The minimum Gasteiger partial charge on any atom is -0.282 e. The summed E-state index contributed by atoms with van der Waals surface area (Å²) < 4.78 is 0. The SMILES string of the molecule is CCc1cc(-c2ccc(C)cc2C2CCC2)n[nH]1. The number of rotatable bonds is 3. The van der Waals surface area contributed by atoms with Crippen molar-refractivity contribution in [2.75, 3.05) is 0 Å². The predicted octanol–water partition coefficient (Wildman–Crippen LogP) is 4.22. The van der Waals surface area contributed by atoms with Crippen LogP contribution in [-0.4, -0.2) is 10.2 Å². The van der Waals surface area contributed by atoms with Crippen molar-refractivity contribution in [1.29, 1.82) is 0 Å². The lowest BCUT2D eigenvalue weighted by Crippen LogP contribution is -2.10. The van der Waals surface area contributed by atoms with Gasteiger partial charge in [0.1, 0.15) is 0 Å². The standard InChI is InChI=1S/C16H20N2/c1-3-13-10-16(18-17-13)14-8-7-11(2)9-15(14)12-5-4-6-12/h7-10,12H,3-6H2,1-2H3,(H,17,18). The van der Waals surface area contributed by atoms with E-state index in [2.05, 4.69) is 48.3 Å². The Hall–Kier alpha value is -1.57. The second kappa shape index (κ2) is 4.60. The summed E-state index contributed by atoms with van der Waals surface area (Å²) >= 11 is 0. The Morgan fingerprint density at radius 2 is 2.11 bits per heavy atom. The molecule has 1 N–H and O–H groups in total. The maximum atomic E-state index is 4.46. The van der Waals surface area contributed by atoms with Gasteiger partial charge in [0.15, 0.2) is 0 Å². The summed E-state index contributed by atoms with van der Waals surface area (Å²) in [7, 11) is 0. The minimum atomic E-state index is 0.752. The monoisotopic (exact) mass is 240 g/mol. The number of hydrogen-bond acceptors (Lipinski definition) is 1. The van der Waals surface area contributed by atoms with E-state index in [9.17, 15) is 0 Å². The summed E-state index contributed by atoms with van der Waals surface area (Å²) in [5.74, 6) is 0.752. The van der Waals surface area contributed by atoms with Crippen LogP contribution in [0.5, 0.6) is 0 Å². The van der Waals surface area contributed by atoms with E-state index in [0.29, 0.717) is 0 Å². The molecule has 2 nitrogen and oxygen atoms in total. The highest BCUT2D eigenvalue weighted by molar-refractivity contribution is 5.65. The zero-order valence-corrected chi connectivity index (χ0v) is 11.2. The molecule has 0 atom stereocenters. The van der Waals surface area contributed by atoms with Crippen LogP contribution in [0, 0.1) is 6.92 Å². The van der Waals surface area contributed by atoms with Crippen molar-refractivity contribution in [2.45, 2.75) is 45.4 Å². The largest absolute Gasteiger partial charge is 0.282 e. The molecule has 1 fully saturated rings. The highest BCUT2D eigenvalue weighted by Gasteiger charge is 2.23. The molecule has 2 aromatic rings. The van der Waals surface area contributed by atoms with Crippen LogP contribution in [-0.2, 0) is 6.42 Å². The average molecular weight is 240 g/mol. The number of nitrogens with zero attached hydrogens (tertiary/aromatic N) is 1. The fraction of sp³-hybridized carbons (Fsp3) is 0.438. The van der Waals surface area contributed by atoms with Crippen LogP contribution < -0.4 is 0 Å². The van der Waals surface area contributed by atoms with Crippen LogP contribution in [0.4, 0.5) is 0 Å². The Morgan fingerprint density at radius 3 is 2.72 bits per heavy atom. The third-order valence-corrected chi connectivity index (χ3v) is 4.04. The smallest absolute Gasteiger partial charge is 0.0926 e. The summed E-state index contributed by atoms with van der Waals surface area (Å²) in [4.78, 5) is 0. The lowest BCUT2D eigenvalue weighted by atomic mass is 9.77. The molecule has 0 spiro atoms. The molecular formula is C16H20N2. The summed E-state index contributed by atoms with van der Waals surface area (Å²) in [6.07, 6.45) is 5.06. The van der Waals surface area contributed by atoms with Crippen molar-refractivity contribution in [3.8, 4) is 11.3 Å². The summed E-state index contributed by atoms with van der Waals surface area (Å²) in [6, 6.07) is 8.96. The van der Waals surface area contributed by atoms with Gasteiger partial charge in [-0.05, 0) is 43.7 Å². The average Bonchev–Trinajstić information content (AvgIpc) is 2.75. The molecule has 1 heterocycles. The first-order chi connectivity index (χ1) is 8.78. The van der Waals surface area contributed by atoms with Crippen molar-refractivity contribution in [1.82, 2.24) is 10.2 Å². The van der Waals surface area contributed by atoms with Gasteiger partial charge in [-0.3, -0.25) is 5.10 Å². The molecule has 0 unspecified atom stereocenters. The molecule has 0 bridgehead atoms.